The fourth-order valence-electron chi connectivity index (χ4n) is 3.24. The number of hydrogen-bond acceptors (Lipinski definition) is 6. The number of imide groups is 1. The number of thiazole rings is 1. The first kappa shape index (κ1) is 21.0. The van der Waals surface area contributed by atoms with Gasteiger partial charge in [0.05, 0.1) is 12.1 Å². The molecule has 1 aromatic heterocycles. The van der Waals surface area contributed by atoms with Crippen molar-refractivity contribution in [2.24, 2.45) is 0 Å². The molecule has 0 spiro atoms. The van der Waals surface area contributed by atoms with E-state index in [2.05, 4.69) is 15.6 Å². The minimum Gasteiger partial charge on any atom is -0.452 e. The normalized spacial score (nSPS) is 15.0. The van der Waals surface area contributed by atoms with Gasteiger partial charge in [0.1, 0.15) is 5.01 Å². The predicted octanol–water partition coefficient (Wildman–Crippen LogP) is 3.36. The van der Waals surface area contributed by atoms with Crippen molar-refractivity contribution >= 4 is 29.2 Å². The first-order valence-corrected chi connectivity index (χ1v) is 10.6. The van der Waals surface area contributed by atoms with Crippen LogP contribution in [-0.2, 0) is 20.7 Å². The van der Waals surface area contributed by atoms with Gasteiger partial charge in [0.15, 0.2) is 6.10 Å². The van der Waals surface area contributed by atoms with E-state index in [1.165, 1.54) is 18.3 Å². The molecule has 1 fully saturated rings. The lowest BCUT2D eigenvalue weighted by Gasteiger charge is -2.15. The first-order valence-electron chi connectivity index (χ1n) is 9.73. The second-order valence-corrected chi connectivity index (χ2v) is 8.12. The lowest BCUT2D eigenvalue weighted by molar-refractivity contribution is -0.153. The molecule has 2 aromatic rings. The number of nitrogens with zero attached hydrogens (tertiary/aromatic N) is 1. The average molecular weight is 416 g/mol. The molecule has 3 amide bonds. The van der Waals surface area contributed by atoms with Crippen molar-refractivity contribution in [1.29, 1.82) is 0 Å². The Bertz CT molecular complexity index is 890. The number of benzene rings is 1. The Morgan fingerprint density at radius 1 is 1.28 bits per heavy atom. The van der Waals surface area contributed by atoms with Crippen molar-refractivity contribution < 1.29 is 19.1 Å². The monoisotopic (exact) mass is 415 g/mol. The number of carbonyl (C=O) groups is 3. The lowest BCUT2D eigenvalue weighted by Crippen LogP contribution is -2.47. The highest BCUT2D eigenvalue weighted by atomic mass is 32.1. The van der Waals surface area contributed by atoms with E-state index in [1.807, 2.05) is 31.2 Å². The van der Waals surface area contributed by atoms with Gasteiger partial charge in [-0.3, -0.25) is 14.9 Å². The van der Waals surface area contributed by atoms with Crippen LogP contribution in [0.15, 0.2) is 29.6 Å². The third kappa shape index (κ3) is 6.12. The number of nitrogens with one attached hydrogen (secondary N) is 2. The van der Waals surface area contributed by atoms with Crippen LogP contribution in [0.3, 0.4) is 0 Å². The van der Waals surface area contributed by atoms with Gasteiger partial charge >= 0.3 is 12.0 Å². The lowest BCUT2D eigenvalue weighted by atomic mass is 10.1. The molecule has 1 saturated carbocycles. The highest BCUT2D eigenvalue weighted by Crippen LogP contribution is 2.24. The molecule has 1 aliphatic rings. The highest BCUT2D eigenvalue weighted by Gasteiger charge is 2.23. The molecule has 1 aromatic carbocycles. The van der Waals surface area contributed by atoms with Gasteiger partial charge in [-0.15, -0.1) is 11.3 Å². The number of rotatable bonds is 6. The Kier molecular flexibility index (Phi) is 6.98. The maximum Gasteiger partial charge on any atom is 0.321 e. The summed E-state index contributed by atoms with van der Waals surface area (Å²) in [5, 5.41) is 7.62. The molecular weight excluding hydrogens is 390 g/mol. The fraction of sp³-hybridized carbons (Fsp3) is 0.429. The summed E-state index contributed by atoms with van der Waals surface area (Å²) in [6.07, 6.45) is 2.90. The number of urea groups is 1. The van der Waals surface area contributed by atoms with E-state index < -0.39 is 24.0 Å². The molecule has 1 heterocycles. The zero-order chi connectivity index (χ0) is 20.8. The standard InChI is InChI=1S/C21H25N3O4S/c1-13-6-5-7-15(10-13)20-22-17(12-29-20)11-18(25)28-14(2)19(26)24-21(27)23-16-8-3-4-9-16/h5-7,10,12,14,16H,3-4,8-9,11H2,1-2H3,(H2,23,24,26,27)/t14-/m0/s1. The number of carbonyl (C=O) groups excluding carboxylic acids is 3. The number of amides is 3. The Labute approximate surface area is 173 Å². The summed E-state index contributed by atoms with van der Waals surface area (Å²) in [5.74, 6) is -1.21. The van der Waals surface area contributed by atoms with E-state index >= 15 is 0 Å². The number of hydrogen-bond donors (Lipinski definition) is 2. The van der Waals surface area contributed by atoms with Gasteiger partial charge in [0, 0.05) is 17.0 Å². The van der Waals surface area contributed by atoms with Crippen molar-refractivity contribution in [1.82, 2.24) is 15.6 Å². The first-order chi connectivity index (χ1) is 13.9. The van der Waals surface area contributed by atoms with Crippen LogP contribution < -0.4 is 10.6 Å². The number of aromatic nitrogens is 1. The quantitative estimate of drug-likeness (QED) is 0.705. The molecule has 0 saturated heterocycles. The van der Waals surface area contributed by atoms with E-state index in [-0.39, 0.29) is 12.5 Å². The Morgan fingerprint density at radius 2 is 2.03 bits per heavy atom. The molecule has 1 aliphatic carbocycles. The van der Waals surface area contributed by atoms with E-state index in [9.17, 15) is 14.4 Å². The van der Waals surface area contributed by atoms with Crippen molar-refractivity contribution in [2.75, 3.05) is 0 Å². The molecule has 1 atom stereocenters. The van der Waals surface area contributed by atoms with E-state index in [1.54, 1.807) is 5.38 Å². The van der Waals surface area contributed by atoms with Crippen molar-refractivity contribution in [3.8, 4) is 10.6 Å². The molecule has 29 heavy (non-hydrogen) atoms. The third-order valence-electron chi connectivity index (χ3n) is 4.75. The predicted molar refractivity (Wildman–Crippen MR) is 110 cm³/mol. The molecule has 0 radical (unpaired) electrons. The topological polar surface area (TPSA) is 97.4 Å². The van der Waals surface area contributed by atoms with Gasteiger partial charge < -0.3 is 10.1 Å². The van der Waals surface area contributed by atoms with Gasteiger partial charge in [-0.2, -0.15) is 0 Å². The molecule has 0 bridgehead atoms. The largest absolute Gasteiger partial charge is 0.452 e. The van der Waals surface area contributed by atoms with Crippen LogP contribution in [0.5, 0.6) is 0 Å². The summed E-state index contributed by atoms with van der Waals surface area (Å²) in [4.78, 5) is 40.6. The third-order valence-corrected chi connectivity index (χ3v) is 5.69. The van der Waals surface area contributed by atoms with Crippen LogP contribution in [0.2, 0.25) is 0 Å². The van der Waals surface area contributed by atoms with Crippen LogP contribution >= 0.6 is 11.3 Å². The van der Waals surface area contributed by atoms with Crippen LogP contribution in [0, 0.1) is 6.92 Å². The van der Waals surface area contributed by atoms with Crippen LogP contribution in [0.25, 0.3) is 10.6 Å². The fourth-order valence-corrected chi connectivity index (χ4v) is 4.06. The zero-order valence-electron chi connectivity index (χ0n) is 16.6. The summed E-state index contributed by atoms with van der Waals surface area (Å²) in [5.41, 5.74) is 2.72. The molecule has 2 N–H and O–H groups in total. The summed E-state index contributed by atoms with van der Waals surface area (Å²) in [6, 6.07) is 7.53. The SMILES string of the molecule is Cc1cccc(-c2nc(CC(=O)O[C@@H](C)C(=O)NC(=O)NC3CCCC3)cs2)c1. The summed E-state index contributed by atoms with van der Waals surface area (Å²) in [6.45, 7) is 3.45. The minimum absolute atomic E-state index is 0.0335. The van der Waals surface area contributed by atoms with Crippen LogP contribution in [0.1, 0.15) is 43.9 Å². The number of ether oxygens (including phenoxy) is 1. The average Bonchev–Trinajstić information content (AvgIpc) is 3.33. The van der Waals surface area contributed by atoms with Gasteiger partial charge in [0.2, 0.25) is 0 Å². The highest BCUT2D eigenvalue weighted by molar-refractivity contribution is 7.13. The van der Waals surface area contributed by atoms with E-state index in [0.29, 0.717) is 5.69 Å². The number of esters is 1. The summed E-state index contributed by atoms with van der Waals surface area (Å²) in [7, 11) is 0. The molecule has 8 heteroatoms. The maximum absolute atomic E-state index is 12.2. The molecule has 154 valence electrons. The maximum atomic E-state index is 12.2. The molecule has 3 rings (SSSR count). The van der Waals surface area contributed by atoms with Gasteiger partial charge in [-0.05, 0) is 32.8 Å². The Morgan fingerprint density at radius 3 is 2.76 bits per heavy atom. The second-order valence-electron chi connectivity index (χ2n) is 7.27. The molecule has 0 unspecified atom stereocenters. The number of aryl methyl sites for hydroxylation is 1. The van der Waals surface area contributed by atoms with Crippen molar-refractivity contribution in [3.05, 3.63) is 40.9 Å². The summed E-state index contributed by atoms with van der Waals surface area (Å²) < 4.78 is 5.15. The van der Waals surface area contributed by atoms with E-state index in [0.717, 1.165) is 41.8 Å². The summed E-state index contributed by atoms with van der Waals surface area (Å²) >= 11 is 1.45. The van der Waals surface area contributed by atoms with E-state index in [4.69, 9.17) is 4.74 Å². The Balaban J connectivity index is 1.47. The van der Waals surface area contributed by atoms with Gasteiger partial charge in [0.25, 0.3) is 5.91 Å². The second kappa shape index (κ2) is 9.65. The van der Waals surface area contributed by atoms with Crippen LogP contribution in [-0.4, -0.2) is 35.0 Å². The molecular formula is C21H25N3O4S. The van der Waals surface area contributed by atoms with Crippen molar-refractivity contribution in [3.63, 3.8) is 0 Å². The van der Waals surface area contributed by atoms with Gasteiger partial charge in [-0.25, -0.2) is 9.78 Å². The zero-order valence-corrected chi connectivity index (χ0v) is 17.4. The smallest absolute Gasteiger partial charge is 0.321 e. The van der Waals surface area contributed by atoms with Crippen molar-refractivity contribution in [2.45, 2.75) is 58.1 Å². The Hall–Kier alpha value is -2.74. The molecule has 7 nitrogen and oxygen atoms in total. The minimum atomic E-state index is -1.06. The molecule has 0 aliphatic heterocycles. The van der Waals surface area contributed by atoms with Gasteiger partial charge in [-0.1, -0.05) is 36.6 Å². The van der Waals surface area contributed by atoms with Crippen LogP contribution in [0.4, 0.5) is 4.79 Å².